The van der Waals surface area contributed by atoms with E-state index in [9.17, 15) is 8.78 Å². The molecule has 0 aliphatic carbocycles. The van der Waals surface area contributed by atoms with Crippen LogP contribution in [0.15, 0.2) is 22.8 Å². The fourth-order valence-corrected chi connectivity index (χ4v) is 2.34. The Balaban J connectivity index is 2.45. The number of likely N-dealkylation sites (N-methyl/N-ethyl adjacent to an activating group) is 1. The summed E-state index contributed by atoms with van der Waals surface area (Å²) in [7, 11) is 3.71. The van der Waals surface area contributed by atoms with Gasteiger partial charge < -0.3 is 9.88 Å². The molecule has 2 aromatic rings. The van der Waals surface area contributed by atoms with Crippen molar-refractivity contribution in [2.24, 2.45) is 7.05 Å². The molecular weight excluding hydrogens is 316 g/mol. The SMILES string of the molecule is CNCCc1nc(-c2ccc(F)cc2F)c(Br)n1C. The zero-order chi connectivity index (χ0) is 14.0. The van der Waals surface area contributed by atoms with Crippen LogP contribution < -0.4 is 5.32 Å². The van der Waals surface area contributed by atoms with Crippen LogP contribution >= 0.6 is 15.9 Å². The third-order valence-electron chi connectivity index (χ3n) is 2.90. The molecule has 1 N–H and O–H groups in total. The molecule has 1 aromatic carbocycles. The molecule has 1 heterocycles. The summed E-state index contributed by atoms with van der Waals surface area (Å²) in [4.78, 5) is 4.42. The van der Waals surface area contributed by atoms with Crippen LogP contribution in [0.1, 0.15) is 5.82 Å². The van der Waals surface area contributed by atoms with Gasteiger partial charge in [-0.1, -0.05) is 0 Å². The summed E-state index contributed by atoms with van der Waals surface area (Å²) >= 11 is 3.40. The van der Waals surface area contributed by atoms with E-state index >= 15 is 0 Å². The maximum atomic E-state index is 13.8. The molecule has 0 bridgehead atoms. The molecule has 6 heteroatoms. The van der Waals surface area contributed by atoms with E-state index in [-0.39, 0.29) is 0 Å². The normalized spacial score (nSPS) is 11.0. The predicted octanol–water partition coefficient (Wildman–Crippen LogP) is 2.89. The van der Waals surface area contributed by atoms with E-state index in [1.807, 2.05) is 18.7 Å². The first-order valence-electron chi connectivity index (χ1n) is 5.85. The maximum Gasteiger partial charge on any atom is 0.135 e. The lowest BCUT2D eigenvalue weighted by Gasteiger charge is -2.01. The first-order valence-corrected chi connectivity index (χ1v) is 6.65. The minimum atomic E-state index is -0.612. The van der Waals surface area contributed by atoms with E-state index in [1.165, 1.54) is 12.1 Å². The van der Waals surface area contributed by atoms with Crippen molar-refractivity contribution in [2.75, 3.05) is 13.6 Å². The number of nitrogens with zero attached hydrogens (tertiary/aromatic N) is 2. The number of hydrogen-bond acceptors (Lipinski definition) is 2. The van der Waals surface area contributed by atoms with E-state index < -0.39 is 11.6 Å². The Morgan fingerprint density at radius 2 is 2.11 bits per heavy atom. The Morgan fingerprint density at radius 1 is 1.37 bits per heavy atom. The quantitative estimate of drug-likeness (QED) is 0.934. The second-order valence-corrected chi connectivity index (χ2v) is 4.96. The number of nitrogens with one attached hydrogen (secondary N) is 1. The van der Waals surface area contributed by atoms with Crippen molar-refractivity contribution in [1.82, 2.24) is 14.9 Å². The van der Waals surface area contributed by atoms with Gasteiger partial charge in [0, 0.05) is 31.6 Å². The van der Waals surface area contributed by atoms with Crippen LogP contribution in [0.25, 0.3) is 11.3 Å². The van der Waals surface area contributed by atoms with Crippen LogP contribution in [0.5, 0.6) is 0 Å². The molecule has 19 heavy (non-hydrogen) atoms. The third kappa shape index (κ3) is 2.84. The van der Waals surface area contributed by atoms with Crippen molar-refractivity contribution < 1.29 is 8.78 Å². The molecule has 102 valence electrons. The summed E-state index contributed by atoms with van der Waals surface area (Å²) in [6.07, 6.45) is 0.731. The van der Waals surface area contributed by atoms with Gasteiger partial charge in [0.25, 0.3) is 0 Å². The first-order chi connectivity index (χ1) is 9.04. The second-order valence-electron chi connectivity index (χ2n) is 4.20. The highest BCUT2D eigenvalue weighted by Crippen LogP contribution is 2.30. The number of rotatable bonds is 4. The largest absolute Gasteiger partial charge is 0.325 e. The summed E-state index contributed by atoms with van der Waals surface area (Å²) in [5, 5.41) is 3.04. The molecule has 0 spiro atoms. The number of imidazole rings is 1. The van der Waals surface area contributed by atoms with Crippen LogP contribution in [0.4, 0.5) is 8.78 Å². The molecule has 0 saturated heterocycles. The topological polar surface area (TPSA) is 29.9 Å². The zero-order valence-electron chi connectivity index (χ0n) is 10.7. The van der Waals surface area contributed by atoms with Crippen molar-refractivity contribution in [3.63, 3.8) is 0 Å². The molecular formula is C13H14BrF2N3. The van der Waals surface area contributed by atoms with Gasteiger partial charge in [-0.3, -0.25) is 0 Å². The molecule has 0 saturated carbocycles. The van der Waals surface area contributed by atoms with Gasteiger partial charge in [-0.15, -0.1) is 0 Å². The van der Waals surface area contributed by atoms with E-state index in [1.54, 1.807) is 0 Å². The number of aromatic nitrogens is 2. The van der Waals surface area contributed by atoms with Crippen molar-refractivity contribution >= 4 is 15.9 Å². The van der Waals surface area contributed by atoms with Gasteiger partial charge in [0.1, 0.15) is 27.8 Å². The highest BCUT2D eigenvalue weighted by Gasteiger charge is 2.17. The Labute approximate surface area is 118 Å². The zero-order valence-corrected chi connectivity index (χ0v) is 12.3. The molecule has 0 unspecified atom stereocenters. The smallest absolute Gasteiger partial charge is 0.135 e. The lowest BCUT2D eigenvalue weighted by molar-refractivity contribution is 0.585. The van der Waals surface area contributed by atoms with Gasteiger partial charge in [0.2, 0.25) is 0 Å². The van der Waals surface area contributed by atoms with Gasteiger partial charge in [0.15, 0.2) is 0 Å². The summed E-state index contributed by atoms with van der Waals surface area (Å²) in [5.74, 6) is -0.373. The molecule has 0 amide bonds. The van der Waals surface area contributed by atoms with E-state index in [0.29, 0.717) is 15.9 Å². The van der Waals surface area contributed by atoms with Crippen molar-refractivity contribution in [1.29, 1.82) is 0 Å². The Bertz CT molecular complexity index is 596. The lowest BCUT2D eigenvalue weighted by atomic mass is 10.1. The second kappa shape index (κ2) is 5.79. The highest BCUT2D eigenvalue weighted by atomic mass is 79.9. The Morgan fingerprint density at radius 3 is 2.74 bits per heavy atom. The number of benzene rings is 1. The Hall–Kier alpha value is -1.27. The standard InChI is InChI=1S/C13H14BrF2N3/c1-17-6-5-11-18-12(13(14)19(11)2)9-4-3-8(15)7-10(9)16/h3-4,7,17H,5-6H2,1-2H3. The van der Waals surface area contributed by atoms with E-state index in [0.717, 1.165) is 24.9 Å². The molecule has 2 rings (SSSR count). The fourth-order valence-electron chi connectivity index (χ4n) is 1.84. The summed E-state index contributed by atoms with van der Waals surface area (Å²) in [6, 6.07) is 3.50. The van der Waals surface area contributed by atoms with Crippen LogP contribution in [0.2, 0.25) is 0 Å². The number of halogens is 3. The summed E-state index contributed by atoms with van der Waals surface area (Å²) < 4.78 is 29.3. The van der Waals surface area contributed by atoms with E-state index in [2.05, 4.69) is 26.2 Å². The third-order valence-corrected chi connectivity index (χ3v) is 3.81. The van der Waals surface area contributed by atoms with Crippen molar-refractivity contribution in [2.45, 2.75) is 6.42 Å². The average Bonchev–Trinajstić information content (AvgIpc) is 2.64. The molecule has 0 fully saturated rings. The van der Waals surface area contributed by atoms with Gasteiger partial charge in [-0.05, 0) is 35.1 Å². The molecule has 0 atom stereocenters. The van der Waals surface area contributed by atoms with Crippen molar-refractivity contribution in [3.8, 4) is 11.3 Å². The van der Waals surface area contributed by atoms with Crippen molar-refractivity contribution in [3.05, 3.63) is 40.3 Å². The summed E-state index contributed by atoms with van der Waals surface area (Å²) in [6.45, 7) is 0.780. The fraction of sp³-hybridized carbons (Fsp3) is 0.308. The van der Waals surface area contributed by atoms with Crippen LogP contribution in [0, 0.1) is 11.6 Å². The minimum Gasteiger partial charge on any atom is -0.325 e. The monoisotopic (exact) mass is 329 g/mol. The molecule has 1 aromatic heterocycles. The highest BCUT2D eigenvalue weighted by molar-refractivity contribution is 9.10. The Kier molecular flexibility index (Phi) is 4.31. The van der Waals surface area contributed by atoms with Crippen LogP contribution in [-0.4, -0.2) is 23.1 Å². The van der Waals surface area contributed by atoms with Crippen LogP contribution in [0.3, 0.4) is 0 Å². The van der Waals surface area contributed by atoms with Gasteiger partial charge in [-0.25, -0.2) is 13.8 Å². The molecule has 0 aliphatic heterocycles. The lowest BCUT2D eigenvalue weighted by Crippen LogP contribution is -2.13. The van der Waals surface area contributed by atoms with Gasteiger partial charge in [-0.2, -0.15) is 0 Å². The van der Waals surface area contributed by atoms with E-state index in [4.69, 9.17) is 0 Å². The molecule has 3 nitrogen and oxygen atoms in total. The minimum absolute atomic E-state index is 0.291. The maximum absolute atomic E-state index is 13.8. The molecule has 0 radical (unpaired) electrons. The average molecular weight is 330 g/mol. The van der Waals surface area contributed by atoms with Gasteiger partial charge in [0.05, 0.1) is 0 Å². The first kappa shape index (κ1) is 14.1. The number of hydrogen-bond donors (Lipinski definition) is 1. The van der Waals surface area contributed by atoms with Crippen LogP contribution in [-0.2, 0) is 13.5 Å². The summed E-state index contributed by atoms with van der Waals surface area (Å²) in [5.41, 5.74) is 0.783. The van der Waals surface area contributed by atoms with Gasteiger partial charge >= 0.3 is 0 Å². The predicted molar refractivity (Wildman–Crippen MR) is 73.9 cm³/mol. The molecule has 0 aliphatic rings.